The number of nitrogens with one attached hydrogen (secondary N) is 1. The molecule has 3 N–H and O–H groups in total. The Morgan fingerprint density at radius 2 is 0.662 bits per heavy atom. The summed E-state index contributed by atoms with van der Waals surface area (Å²) in [6.45, 7) is 4.95. The zero-order chi connectivity index (χ0) is 51.4. The topological polar surface area (TPSA) is 95.9 Å². The van der Waals surface area contributed by atoms with Gasteiger partial charge >= 0.3 is 5.97 Å². The van der Waals surface area contributed by atoms with Crippen LogP contribution >= 0.6 is 0 Å². The highest BCUT2D eigenvalue weighted by Crippen LogP contribution is 2.18. The van der Waals surface area contributed by atoms with Crippen LogP contribution in [0, 0.1) is 0 Å². The maximum atomic E-state index is 12.5. The number of hydrogen-bond donors (Lipinski definition) is 3. The number of aliphatic hydroxyl groups is 2. The van der Waals surface area contributed by atoms with Gasteiger partial charge in [-0.3, -0.25) is 9.59 Å². The molecule has 0 aromatic rings. The molecular weight excluding hydrogens is 875 g/mol. The lowest BCUT2D eigenvalue weighted by Crippen LogP contribution is -2.45. The Bertz CT molecular complexity index is 1110. The van der Waals surface area contributed by atoms with Crippen molar-refractivity contribution in [3.8, 4) is 0 Å². The zero-order valence-corrected chi connectivity index (χ0v) is 48.0. The molecule has 1 amide bonds. The molecule has 0 saturated heterocycles. The van der Waals surface area contributed by atoms with Gasteiger partial charge in [0.25, 0.3) is 0 Å². The zero-order valence-electron chi connectivity index (χ0n) is 48.0. The minimum Gasteiger partial charge on any atom is -0.466 e. The second kappa shape index (κ2) is 60.9. The molecule has 0 spiro atoms. The van der Waals surface area contributed by atoms with Crippen LogP contribution in [-0.2, 0) is 14.3 Å². The molecule has 0 aliphatic rings. The van der Waals surface area contributed by atoms with Gasteiger partial charge in [0.2, 0.25) is 5.91 Å². The van der Waals surface area contributed by atoms with Crippen molar-refractivity contribution in [1.82, 2.24) is 5.32 Å². The number of rotatable bonds is 60. The number of carbonyl (C=O) groups is 2. The van der Waals surface area contributed by atoms with E-state index in [9.17, 15) is 19.8 Å². The summed E-state index contributed by atoms with van der Waals surface area (Å²) in [6, 6.07) is -0.552. The van der Waals surface area contributed by atoms with Gasteiger partial charge in [0.1, 0.15) is 0 Å². The summed E-state index contributed by atoms with van der Waals surface area (Å²) in [5, 5.41) is 23.4. The van der Waals surface area contributed by atoms with Gasteiger partial charge in [-0.2, -0.15) is 0 Å². The normalized spacial score (nSPS) is 12.7. The van der Waals surface area contributed by atoms with E-state index < -0.39 is 12.1 Å². The SMILES string of the molecule is CCCCCCC/C=C\CCCCCCCC(=O)OCCCCCCCC/C=C\CCCCCCCCCC(=O)NC(CO)C(O)CCCCCCCCCCCCCCCCCCCCCCCCC. The maximum absolute atomic E-state index is 12.5. The van der Waals surface area contributed by atoms with E-state index in [0.717, 1.165) is 57.8 Å². The molecule has 0 heterocycles. The number of aliphatic hydroxyl groups excluding tert-OH is 2. The number of unbranched alkanes of at least 4 members (excludes halogenated alkanes) is 45. The Hall–Kier alpha value is -1.66. The lowest BCUT2D eigenvalue weighted by molar-refractivity contribution is -0.143. The first kappa shape index (κ1) is 69.3. The minimum absolute atomic E-state index is 0.00953. The van der Waals surface area contributed by atoms with Gasteiger partial charge in [-0.1, -0.05) is 289 Å². The van der Waals surface area contributed by atoms with Crippen molar-refractivity contribution >= 4 is 11.9 Å². The average Bonchev–Trinajstić information content (AvgIpc) is 3.37. The fourth-order valence-corrected chi connectivity index (χ4v) is 10.0. The molecular formula is C65H125NO5. The van der Waals surface area contributed by atoms with Crippen molar-refractivity contribution in [3.63, 3.8) is 0 Å². The van der Waals surface area contributed by atoms with Crippen LogP contribution in [0.5, 0.6) is 0 Å². The Morgan fingerprint density at radius 1 is 0.380 bits per heavy atom. The molecule has 2 atom stereocenters. The first-order valence-corrected chi connectivity index (χ1v) is 32.1. The summed E-state index contributed by atoms with van der Waals surface area (Å²) in [5.74, 6) is -0.0531. The second-order valence-electron chi connectivity index (χ2n) is 22.1. The Labute approximate surface area is 443 Å². The fourth-order valence-electron chi connectivity index (χ4n) is 10.0. The first-order chi connectivity index (χ1) is 35.0. The lowest BCUT2D eigenvalue weighted by Gasteiger charge is -2.22. The highest BCUT2D eigenvalue weighted by Gasteiger charge is 2.20. The number of carbonyl (C=O) groups excluding carboxylic acids is 2. The van der Waals surface area contributed by atoms with Crippen LogP contribution in [0.25, 0.3) is 0 Å². The van der Waals surface area contributed by atoms with Gasteiger partial charge in [-0.25, -0.2) is 0 Å². The summed E-state index contributed by atoms with van der Waals surface area (Å²) in [5.41, 5.74) is 0. The fraction of sp³-hybridized carbons (Fsp3) is 0.908. The smallest absolute Gasteiger partial charge is 0.305 e. The summed E-state index contributed by atoms with van der Waals surface area (Å²) >= 11 is 0. The maximum Gasteiger partial charge on any atom is 0.305 e. The highest BCUT2D eigenvalue weighted by molar-refractivity contribution is 5.76. The van der Waals surface area contributed by atoms with Crippen LogP contribution in [0.1, 0.15) is 354 Å². The van der Waals surface area contributed by atoms with E-state index in [1.807, 2.05) is 0 Å². The summed E-state index contributed by atoms with van der Waals surface area (Å²) in [4.78, 5) is 24.6. The second-order valence-corrected chi connectivity index (χ2v) is 22.1. The standard InChI is InChI=1S/C65H125NO5/c1-3-5-7-9-11-13-15-17-19-20-21-22-23-24-25-27-30-33-37-41-45-49-53-57-63(68)62(61-67)66-64(69)58-54-50-46-42-38-34-31-28-26-29-32-36-40-44-48-52-56-60-71-65(70)59-55-51-47-43-39-35-18-16-14-12-10-8-6-4-2/h16,18,26,29,62-63,67-68H,3-15,17,19-25,27-28,30-61H2,1-2H3,(H,66,69)/b18-16-,29-26-. The Morgan fingerprint density at radius 3 is 1.00 bits per heavy atom. The number of amides is 1. The van der Waals surface area contributed by atoms with Crippen molar-refractivity contribution in [2.24, 2.45) is 0 Å². The third-order valence-corrected chi connectivity index (χ3v) is 15.0. The van der Waals surface area contributed by atoms with Gasteiger partial charge in [0.05, 0.1) is 25.4 Å². The molecule has 0 aliphatic heterocycles. The Balaban J connectivity index is 3.45. The van der Waals surface area contributed by atoms with Crippen LogP contribution < -0.4 is 5.32 Å². The summed E-state index contributed by atoms with van der Waals surface area (Å²) in [6.07, 6.45) is 74.7. The number of allylic oxidation sites excluding steroid dienone is 4. The van der Waals surface area contributed by atoms with E-state index in [1.165, 1.54) is 263 Å². The van der Waals surface area contributed by atoms with Crippen molar-refractivity contribution in [2.75, 3.05) is 13.2 Å². The van der Waals surface area contributed by atoms with E-state index in [2.05, 4.69) is 43.5 Å². The molecule has 6 heteroatoms. The monoisotopic (exact) mass is 1000 g/mol. The van der Waals surface area contributed by atoms with Crippen molar-refractivity contribution in [2.45, 2.75) is 366 Å². The molecule has 0 bridgehead atoms. The molecule has 0 rings (SSSR count). The van der Waals surface area contributed by atoms with Crippen LogP contribution in [0.4, 0.5) is 0 Å². The van der Waals surface area contributed by atoms with Crippen LogP contribution in [0.2, 0.25) is 0 Å². The predicted molar refractivity (Wildman–Crippen MR) is 310 cm³/mol. The van der Waals surface area contributed by atoms with Gasteiger partial charge in [-0.15, -0.1) is 0 Å². The van der Waals surface area contributed by atoms with Gasteiger partial charge < -0.3 is 20.3 Å². The van der Waals surface area contributed by atoms with E-state index in [4.69, 9.17) is 4.74 Å². The molecule has 71 heavy (non-hydrogen) atoms. The van der Waals surface area contributed by atoms with E-state index in [-0.39, 0.29) is 18.5 Å². The first-order valence-electron chi connectivity index (χ1n) is 32.1. The van der Waals surface area contributed by atoms with Gasteiger partial charge in [0.15, 0.2) is 0 Å². The van der Waals surface area contributed by atoms with Crippen LogP contribution in [0.15, 0.2) is 24.3 Å². The van der Waals surface area contributed by atoms with Crippen LogP contribution in [-0.4, -0.2) is 47.4 Å². The van der Waals surface area contributed by atoms with Crippen molar-refractivity contribution in [1.29, 1.82) is 0 Å². The van der Waals surface area contributed by atoms with Crippen LogP contribution in [0.3, 0.4) is 0 Å². The summed E-state index contributed by atoms with van der Waals surface area (Å²) in [7, 11) is 0. The quantitative estimate of drug-likeness (QED) is 0.0320. The van der Waals surface area contributed by atoms with Gasteiger partial charge in [0, 0.05) is 12.8 Å². The van der Waals surface area contributed by atoms with E-state index >= 15 is 0 Å². The minimum atomic E-state index is -0.674. The molecule has 6 nitrogen and oxygen atoms in total. The number of hydrogen-bond acceptors (Lipinski definition) is 5. The largest absolute Gasteiger partial charge is 0.466 e. The van der Waals surface area contributed by atoms with Crippen molar-refractivity contribution < 1.29 is 24.5 Å². The van der Waals surface area contributed by atoms with Crippen molar-refractivity contribution in [3.05, 3.63) is 24.3 Å². The molecule has 0 fully saturated rings. The molecule has 2 unspecified atom stereocenters. The Kier molecular flexibility index (Phi) is 59.5. The predicted octanol–water partition coefficient (Wildman–Crippen LogP) is 20.2. The third kappa shape index (κ3) is 57.5. The highest BCUT2D eigenvalue weighted by atomic mass is 16.5. The van der Waals surface area contributed by atoms with Gasteiger partial charge in [-0.05, 0) is 77.0 Å². The third-order valence-electron chi connectivity index (χ3n) is 15.0. The number of ether oxygens (including phenoxy) is 1. The average molecular weight is 1000 g/mol. The molecule has 420 valence electrons. The molecule has 0 saturated carbocycles. The van der Waals surface area contributed by atoms with E-state index in [1.54, 1.807) is 0 Å². The molecule has 0 aromatic carbocycles. The molecule has 0 aromatic heterocycles. The number of esters is 1. The lowest BCUT2D eigenvalue weighted by atomic mass is 10.0. The van der Waals surface area contributed by atoms with E-state index in [0.29, 0.717) is 25.9 Å². The summed E-state index contributed by atoms with van der Waals surface area (Å²) < 4.78 is 5.47. The molecule has 0 aliphatic carbocycles. The molecule has 0 radical (unpaired) electrons.